The van der Waals surface area contributed by atoms with Crippen molar-refractivity contribution in [2.45, 2.75) is 53.9 Å². The van der Waals surface area contributed by atoms with Crippen LogP contribution in [-0.2, 0) is 5.41 Å². The minimum atomic E-state index is -0.470. The molecule has 0 unspecified atom stereocenters. The van der Waals surface area contributed by atoms with Crippen molar-refractivity contribution in [1.29, 1.82) is 0 Å². The lowest BCUT2D eigenvalue weighted by atomic mass is 9.78. The zero-order valence-corrected chi connectivity index (χ0v) is 81.8. The Labute approximate surface area is 853 Å². The Morgan fingerprint density at radius 1 is 0.215 bits per heavy atom. The lowest BCUT2D eigenvalue weighted by Crippen LogP contribution is -2.29. The number of rotatable bonds is 18. The number of aryl methyl sites for hydroxylation is 5. The van der Waals surface area contributed by atoms with Crippen LogP contribution in [0.3, 0.4) is 0 Å². The molecule has 27 nitrogen and oxygen atoms in total. The van der Waals surface area contributed by atoms with Crippen molar-refractivity contribution in [3.05, 3.63) is 468 Å². The monoisotopic (exact) mass is 1970 g/mol. The average molecular weight is 1970 g/mol. The first kappa shape index (κ1) is 96.7. The van der Waals surface area contributed by atoms with Gasteiger partial charge in [0.1, 0.15) is 46.0 Å². The van der Waals surface area contributed by atoms with E-state index in [1.165, 1.54) is 43.1 Å². The third-order valence-electron chi connectivity index (χ3n) is 26.8. The maximum atomic E-state index is 13.3. The smallest absolute Gasteiger partial charge is 0.266 e. The molecular weight excluding hydrogens is 1880 g/mol. The third kappa shape index (κ3) is 18.4. The van der Waals surface area contributed by atoms with Crippen molar-refractivity contribution in [3.8, 4) is 68.2 Å². The number of nitrogens with one attached hydrogen (secondary N) is 1. The molecule has 0 atom stereocenters. The number of hydrogen-bond donors (Lipinski definition) is 1. The van der Waals surface area contributed by atoms with Crippen LogP contribution < -0.4 is 43.9 Å². The Morgan fingerprint density at radius 3 is 0.826 bits per heavy atom. The van der Waals surface area contributed by atoms with Gasteiger partial charge in [-0.15, -0.1) is 0 Å². The van der Waals surface area contributed by atoms with Gasteiger partial charge in [0, 0.05) is 37.8 Å². The van der Waals surface area contributed by atoms with E-state index in [0.29, 0.717) is 163 Å². The highest BCUT2D eigenvalue weighted by Crippen LogP contribution is 2.44. The van der Waals surface area contributed by atoms with Crippen LogP contribution >= 0.6 is 0 Å². The van der Waals surface area contributed by atoms with E-state index in [1.54, 1.807) is 182 Å². The SMILES string of the molecule is Cc1ccc(N2C(=O)c3ccc(-c4ccc5c(c4)C(=O)N(C)C5=O)cc3C2=O)cc1.Cc1ccc(NC(=O)c2ccc3c(c2)C(=O)N(c2ccc(Oc4ccc(C)cc4)cc2)C3=O)cc1.Cc1ccc(Oc2ccc(N3C(=O)c4ccc(-c5ccc6c(c5)C(=O)N(C)C6=O)cc4C3=O)cc2)cc1.Cc1cccc(N2C(=O)c3ccc(Oc4cccc(C(C)(C)c5cccc(Oc6ccc7c(c6)C(=O)N(C)C7=O)c5)c4)cc3C2=O)c1. The number of amides is 15. The second kappa shape index (κ2) is 38.8. The standard InChI is InChI=1S/C39H30N2O6.C30H20N2O5.C29H22N2O4.C24H16N2O4/c1-23-8-5-11-26(18-23)41-37(44)32-17-15-30(22-34(32)38(41)45)47-28-13-7-10-25(20-28)39(2,3)24-9-6-12-27(19-24)46-29-14-16-31-33(21-29)36(43)40(4)35(31)42;1-17-3-9-21(10-4-17)37-22-11-7-20(8-12-22)32-29(35)24-14-6-19(16-26(24)30(32)36)18-5-13-23-25(15-18)28(34)31(2)27(23)33;1-18-3-8-21(9-4-18)30-27(32)20-7-16-25-26(17-20)29(34)31(28(25)33)22-10-14-24(15-11-22)35-23-12-5-19(2)6-13-23;1-13-3-7-16(8-4-13)26-23(29)18-10-6-15(12-20(18)24(26)30)14-5-9-17-19(11-14)22(28)25(2)21(17)27/h5-22H,1-4H3;3-16H,1-2H3;3-17H,1-2H3,(H,30,32);3-12H,1-2H3. The molecular formula is C122H88N8O19. The Kier molecular flexibility index (Phi) is 25.2. The summed E-state index contributed by atoms with van der Waals surface area (Å²) >= 11 is 0. The van der Waals surface area contributed by atoms with Crippen LogP contribution in [0.1, 0.15) is 208 Å². The van der Waals surface area contributed by atoms with Crippen molar-refractivity contribution in [2.75, 3.05) is 46.1 Å². The summed E-state index contributed by atoms with van der Waals surface area (Å²) < 4.78 is 24.0. The molecule has 730 valence electrons. The van der Waals surface area contributed by atoms with Gasteiger partial charge in [0.15, 0.2) is 0 Å². The molecule has 0 aliphatic carbocycles. The Balaban J connectivity index is 0.000000122. The maximum Gasteiger partial charge on any atom is 0.266 e. The molecule has 1 N–H and O–H groups in total. The van der Waals surface area contributed by atoms with Crippen molar-refractivity contribution in [2.24, 2.45) is 0 Å². The Bertz CT molecular complexity index is 8470. The van der Waals surface area contributed by atoms with Crippen LogP contribution in [0.5, 0.6) is 46.0 Å². The first-order valence-electron chi connectivity index (χ1n) is 47.4. The van der Waals surface area contributed by atoms with E-state index in [2.05, 4.69) is 19.2 Å². The second-order valence-corrected chi connectivity index (χ2v) is 37.2. The first-order chi connectivity index (χ1) is 71.6. The van der Waals surface area contributed by atoms with Crippen LogP contribution in [0.4, 0.5) is 28.4 Å². The molecule has 0 saturated heterocycles. The van der Waals surface area contributed by atoms with Crippen molar-refractivity contribution >= 4 is 117 Å². The van der Waals surface area contributed by atoms with Gasteiger partial charge in [-0.1, -0.05) is 145 Å². The molecule has 15 amide bonds. The molecule has 0 bridgehead atoms. The number of imide groups is 7. The molecule has 149 heavy (non-hydrogen) atoms. The van der Waals surface area contributed by atoms with Crippen LogP contribution in [0, 0.1) is 34.6 Å². The summed E-state index contributed by atoms with van der Waals surface area (Å²) in [5.41, 5.74) is 16.9. The number of anilines is 5. The molecule has 7 heterocycles. The van der Waals surface area contributed by atoms with E-state index in [1.807, 2.05) is 186 Å². The number of nitrogens with zero attached hydrogens (tertiary/aromatic N) is 7. The minimum Gasteiger partial charge on any atom is -0.457 e. The first-order valence-corrected chi connectivity index (χ1v) is 47.4. The highest BCUT2D eigenvalue weighted by Gasteiger charge is 2.44. The van der Waals surface area contributed by atoms with E-state index in [9.17, 15) is 71.9 Å². The van der Waals surface area contributed by atoms with Gasteiger partial charge in [-0.25, -0.2) is 19.6 Å². The normalized spacial score (nSPS) is 14.0. The molecule has 0 radical (unpaired) electrons. The third-order valence-corrected chi connectivity index (χ3v) is 26.8. The predicted molar refractivity (Wildman–Crippen MR) is 559 cm³/mol. The summed E-state index contributed by atoms with van der Waals surface area (Å²) in [6, 6.07) is 101. The molecule has 0 saturated carbocycles. The zero-order valence-electron chi connectivity index (χ0n) is 81.8. The largest absolute Gasteiger partial charge is 0.457 e. The number of carbonyl (C=O) groups excluding carboxylic acids is 15. The molecule has 0 spiro atoms. The molecule has 7 aliphatic rings. The van der Waals surface area contributed by atoms with Gasteiger partial charge in [0.05, 0.1) is 101 Å². The van der Waals surface area contributed by atoms with Gasteiger partial charge < -0.3 is 24.3 Å². The fourth-order valence-corrected chi connectivity index (χ4v) is 18.4. The van der Waals surface area contributed by atoms with E-state index in [0.717, 1.165) is 63.4 Å². The lowest BCUT2D eigenvalue weighted by Gasteiger charge is -2.27. The van der Waals surface area contributed by atoms with Gasteiger partial charge >= 0.3 is 0 Å². The molecule has 23 rings (SSSR count). The highest BCUT2D eigenvalue weighted by atomic mass is 16.5. The van der Waals surface area contributed by atoms with E-state index in [-0.39, 0.29) is 81.7 Å². The molecule has 16 aromatic carbocycles. The fraction of sp³-hybridized carbons (Fsp3) is 0.0902. The molecule has 0 fully saturated rings. The van der Waals surface area contributed by atoms with Crippen molar-refractivity contribution < 1.29 is 90.9 Å². The van der Waals surface area contributed by atoms with Crippen LogP contribution in [0.15, 0.2) is 346 Å². The predicted octanol–water partition coefficient (Wildman–Crippen LogP) is 23.2. The van der Waals surface area contributed by atoms with Crippen molar-refractivity contribution in [1.82, 2.24) is 14.7 Å². The van der Waals surface area contributed by atoms with Gasteiger partial charge in [-0.05, 0) is 310 Å². The van der Waals surface area contributed by atoms with E-state index >= 15 is 0 Å². The minimum absolute atomic E-state index is 0.200. The molecule has 27 heteroatoms. The Hall–Kier alpha value is -19.8. The summed E-state index contributed by atoms with van der Waals surface area (Å²) in [6.45, 7) is 14.0. The number of benzene rings is 16. The van der Waals surface area contributed by atoms with Crippen LogP contribution in [0.2, 0.25) is 0 Å². The van der Waals surface area contributed by atoms with Gasteiger partial charge in [-0.2, -0.15) is 0 Å². The zero-order chi connectivity index (χ0) is 105. The summed E-state index contributed by atoms with van der Waals surface area (Å²) in [5, 5.41) is 2.81. The molecule has 7 aliphatic heterocycles. The van der Waals surface area contributed by atoms with Crippen molar-refractivity contribution in [3.63, 3.8) is 0 Å². The quantitative estimate of drug-likeness (QED) is 0.0780. The fourth-order valence-electron chi connectivity index (χ4n) is 18.4. The van der Waals surface area contributed by atoms with Gasteiger partial charge in [0.2, 0.25) is 0 Å². The summed E-state index contributed by atoms with van der Waals surface area (Å²) in [7, 11) is 4.36. The number of carbonyl (C=O) groups is 15. The highest BCUT2D eigenvalue weighted by molar-refractivity contribution is 6.38. The summed E-state index contributed by atoms with van der Waals surface area (Å²) in [4.78, 5) is 199. The topological polar surface area (TPSA) is 328 Å². The number of fused-ring (bicyclic) bond motifs is 7. The van der Waals surface area contributed by atoms with Gasteiger partial charge in [0.25, 0.3) is 88.6 Å². The van der Waals surface area contributed by atoms with Gasteiger partial charge in [-0.3, -0.25) is 86.6 Å². The average Bonchev–Trinajstić information content (AvgIpc) is 1.58. The van der Waals surface area contributed by atoms with E-state index < -0.39 is 29.0 Å². The number of hydrogen-bond acceptors (Lipinski definition) is 19. The Morgan fingerprint density at radius 2 is 0.463 bits per heavy atom. The lowest BCUT2D eigenvalue weighted by molar-refractivity contribution is 0.0677. The summed E-state index contributed by atoms with van der Waals surface area (Å²) in [5.74, 6) is -0.997. The second-order valence-electron chi connectivity index (χ2n) is 37.2. The summed E-state index contributed by atoms with van der Waals surface area (Å²) in [6.07, 6.45) is 0. The van der Waals surface area contributed by atoms with E-state index in [4.69, 9.17) is 18.9 Å². The molecule has 16 aromatic rings. The number of ether oxygens (including phenoxy) is 4. The molecule has 0 aromatic heterocycles. The van der Waals surface area contributed by atoms with Crippen LogP contribution in [0.25, 0.3) is 22.3 Å². The maximum absolute atomic E-state index is 13.3. The van der Waals surface area contributed by atoms with Crippen LogP contribution in [-0.4, -0.2) is 124 Å².